The number of aromatic nitrogens is 2. The highest BCUT2D eigenvalue weighted by Gasteiger charge is 2.33. The van der Waals surface area contributed by atoms with E-state index in [1.54, 1.807) is 6.92 Å². The Morgan fingerprint density at radius 2 is 2.15 bits per heavy atom. The summed E-state index contributed by atoms with van der Waals surface area (Å²) in [5, 5.41) is 0.159. The Morgan fingerprint density at radius 1 is 1.41 bits per heavy atom. The van der Waals surface area contributed by atoms with Gasteiger partial charge in [-0.3, -0.25) is 9.59 Å². The highest BCUT2D eigenvalue weighted by atomic mass is 32.2. The maximum Gasteiger partial charge on any atom is 0.327 e. The van der Waals surface area contributed by atoms with Crippen LogP contribution in [0.3, 0.4) is 0 Å². The maximum atomic E-state index is 12.0. The zero-order valence-electron chi connectivity index (χ0n) is 15.8. The summed E-state index contributed by atoms with van der Waals surface area (Å²) in [6.45, 7) is 7.98. The number of Topliss-reactive ketones (excluding diaryl/α,β-unsaturated/α-hetero) is 1. The molecular formula is C18H23N3O4S2. The molecular weight excluding hydrogens is 386 g/mol. The lowest BCUT2D eigenvalue weighted by Crippen LogP contribution is -2.33. The molecule has 3 rings (SSSR count). The number of carbonyl (C=O) groups is 2. The van der Waals surface area contributed by atoms with Gasteiger partial charge >= 0.3 is 5.97 Å². The Morgan fingerprint density at radius 3 is 2.78 bits per heavy atom. The van der Waals surface area contributed by atoms with Gasteiger partial charge in [-0.2, -0.15) is 0 Å². The Bertz CT molecular complexity index is 898. The average molecular weight is 410 g/mol. The number of thioether (sulfide) groups is 1. The van der Waals surface area contributed by atoms with Crippen molar-refractivity contribution in [2.75, 3.05) is 12.3 Å². The van der Waals surface area contributed by atoms with Crippen molar-refractivity contribution in [3.05, 3.63) is 10.4 Å². The molecule has 0 bridgehead atoms. The van der Waals surface area contributed by atoms with Crippen molar-refractivity contribution in [2.45, 2.75) is 63.2 Å². The third-order valence-electron chi connectivity index (χ3n) is 4.69. The van der Waals surface area contributed by atoms with E-state index < -0.39 is 11.2 Å². The van der Waals surface area contributed by atoms with E-state index in [4.69, 9.17) is 15.2 Å². The molecule has 1 aliphatic rings. The number of nitrogens with two attached hydrogens (primary N) is 1. The predicted octanol–water partition coefficient (Wildman–Crippen LogP) is 3.13. The fraction of sp³-hybridized carbons (Fsp3) is 0.556. The lowest BCUT2D eigenvalue weighted by Gasteiger charge is -2.33. The van der Waals surface area contributed by atoms with Crippen molar-refractivity contribution in [1.29, 1.82) is 0 Å². The smallest absolute Gasteiger partial charge is 0.327 e. The van der Waals surface area contributed by atoms with Gasteiger partial charge in [-0.15, -0.1) is 11.3 Å². The number of esters is 1. The molecule has 0 saturated heterocycles. The summed E-state index contributed by atoms with van der Waals surface area (Å²) < 4.78 is 11.0. The second-order valence-corrected chi connectivity index (χ2v) is 8.86. The molecule has 2 aromatic rings. The SMILES string of the molecule is CCOC(=O)[C@@H](Sc1nc(N)c2c3c(sc2n1)CO[C@@](C)(CC)C3)C(C)=O. The third kappa shape index (κ3) is 3.95. The Kier molecular flexibility index (Phi) is 5.73. The summed E-state index contributed by atoms with van der Waals surface area (Å²) >= 11 is 2.50. The maximum absolute atomic E-state index is 12.0. The number of fused-ring (bicyclic) bond motifs is 3. The van der Waals surface area contributed by atoms with E-state index in [0.29, 0.717) is 17.6 Å². The second kappa shape index (κ2) is 7.73. The number of ketones is 1. The minimum absolute atomic E-state index is 0.207. The highest BCUT2D eigenvalue weighted by Crippen LogP contribution is 2.42. The van der Waals surface area contributed by atoms with E-state index in [0.717, 1.165) is 45.3 Å². The molecule has 146 valence electrons. The normalized spacial score (nSPS) is 20.3. The molecule has 27 heavy (non-hydrogen) atoms. The molecule has 2 atom stereocenters. The first kappa shape index (κ1) is 20.0. The number of anilines is 1. The summed E-state index contributed by atoms with van der Waals surface area (Å²) in [5.41, 5.74) is 7.17. The van der Waals surface area contributed by atoms with E-state index in [9.17, 15) is 9.59 Å². The number of nitrogen functional groups attached to an aromatic ring is 1. The summed E-state index contributed by atoms with van der Waals surface area (Å²) in [6, 6.07) is 0. The van der Waals surface area contributed by atoms with Gasteiger partial charge in [-0.25, -0.2) is 9.97 Å². The van der Waals surface area contributed by atoms with Crippen molar-refractivity contribution in [1.82, 2.24) is 9.97 Å². The molecule has 0 aromatic carbocycles. The van der Waals surface area contributed by atoms with Crippen molar-refractivity contribution >= 4 is 50.9 Å². The molecule has 0 radical (unpaired) electrons. The summed E-state index contributed by atoms with van der Waals surface area (Å²) in [6.07, 6.45) is 1.66. The van der Waals surface area contributed by atoms with Gasteiger partial charge in [0, 0.05) is 11.3 Å². The van der Waals surface area contributed by atoms with Gasteiger partial charge in [0.1, 0.15) is 10.6 Å². The first-order valence-electron chi connectivity index (χ1n) is 8.83. The van der Waals surface area contributed by atoms with Gasteiger partial charge in [-0.1, -0.05) is 18.7 Å². The van der Waals surface area contributed by atoms with Crippen LogP contribution in [0.2, 0.25) is 0 Å². The van der Waals surface area contributed by atoms with Crippen LogP contribution in [-0.2, 0) is 32.1 Å². The van der Waals surface area contributed by atoms with Crippen LogP contribution in [0.4, 0.5) is 5.82 Å². The van der Waals surface area contributed by atoms with Crippen molar-refractivity contribution < 1.29 is 19.1 Å². The molecule has 1 aliphatic heterocycles. The lowest BCUT2D eigenvalue weighted by molar-refractivity contribution is -0.144. The van der Waals surface area contributed by atoms with Crippen molar-refractivity contribution in [3.8, 4) is 0 Å². The van der Waals surface area contributed by atoms with E-state index in [1.165, 1.54) is 18.3 Å². The molecule has 3 heterocycles. The van der Waals surface area contributed by atoms with Gasteiger partial charge in [0.05, 0.1) is 24.2 Å². The monoisotopic (exact) mass is 409 g/mol. The molecule has 0 fully saturated rings. The number of ether oxygens (including phenoxy) is 2. The first-order valence-corrected chi connectivity index (χ1v) is 10.5. The number of hydrogen-bond donors (Lipinski definition) is 1. The van der Waals surface area contributed by atoms with E-state index in [1.807, 2.05) is 0 Å². The molecule has 0 saturated carbocycles. The van der Waals surface area contributed by atoms with Crippen LogP contribution in [0.15, 0.2) is 5.16 Å². The number of rotatable bonds is 6. The van der Waals surface area contributed by atoms with Gasteiger partial charge in [-0.05, 0) is 32.8 Å². The highest BCUT2D eigenvalue weighted by molar-refractivity contribution is 8.01. The molecule has 2 N–H and O–H groups in total. The molecule has 9 heteroatoms. The molecule has 0 spiro atoms. The largest absolute Gasteiger partial charge is 0.465 e. The third-order valence-corrected chi connectivity index (χ3v) is 6.94. The van der Waals surface area contributed by atoms with Gasteiger partial charge in [0.2, 0.25) is 0 Å². The standard InChI is InChI=1S/C18H23N3O4S2/c1-5-18(4)7-10-11(8-25-18)26-15-12(10)14(19)20-17(21-15)27-13(9(3)22)16(23)24-6-2/h13H,5-8H2,1-4H3,(H2,19,20,21)/t13-,18-/m0/s1. The zero-order valence-corrected chi connectivity index (χ0v) is 17.5. The lowest BCUT2D eigenvalue weighted by atomic mass is 9.90. The molecule has 0 amide bonds. The molecule has 2 aromatic heterocycles. The fourth-order valence-electron chi connectivity index (χ4n) is 2.98. The molecule has 7 nitrogen and oxygen atoms in total. The van der Waals surface area contributed by atoms with Gasteiger partial charge < -0.3 is 15.2 Å². The Balaban J connectivity index is 1.96. The van der Waals surface area contributed by atoms with Crippen LogP contribution < -0.4 is 5.73 Å². The van der Waals surface area contributed by atoms with Crippen LogP contribution >= 0.6 is 23.1 Å². The summed E-state index contributed by atoms with van der Waals surface area (Å²) in [7, 11) is 0. The summed E-state index contributed by atoms with van der Waals surface area (Å²) in [4.78, 5) is 34.7. The van der Waals surface area contributed by atoms with Crippen LogP contribution in [0.25, 0.3) is 10.2 Å². The minimum atomic E-state index is -0.997. The fourth-order valence-corrected chi connectivity index (χ4v) is 4.98. The number of nitrogens with zero attached hydrogens (tertiary/aromatic N) is 2. The van der Waals surface area contributed by atoms with E-state index in [2.05, 4.69) is 23.8 Å². The van der Waals surface area contributed by atoms with Crippen LogP contribution in [0.1, 0.15) is 44.6 Å². The second-order valence-electron chi connectivity index (χ2n) is 6.70. The minimum Gasteiger partial charge on any atom is -0.465 e. The van der Waals surface area contributed by atoms with Crippen LogP contribution in [-0.4, -0.2) is 39.2 Å². The number of thiophene rings is 1. The van der Waals surface area contributed by atoms with Crippen LogP contribution in [0, 0.1) is 0 Å². The zero-order chi connectivity index (χ0) is 19.8. The predicted molar refractivity (Wildman–Crippen MR) is 106 cm³/mol. The Labute approximate surface area is 166 Å². The first-order chi connectivity index (χ1) is 12.8. The van der Waals surface area contributed by atoms with Crippen LogP contribution in [0.5, 0.6) is 0 Å². The van der Waals surface area contributed by atoms with Gasteiger partial charge in [0.25, 0.3) is 0 Å². The summed E-state index contributed by atoms with van der Waals surface area (Å²) in [5.74, 6) is -0.528. The Hall–Kier alpha value is -1.71. The molecule has 0 unspecified atom stereocenters. The van der Waals surface area contributed by atoms with E-state index in [-0.39, 0.29) is 18.0 Å². The number of hydrogen-bond acceptors (Lipinski definition) is 9. The molecule has 0 aliphatic carbocycles. The quantitative estimate of drug-likeness (QED) is 0.336. The van der Waals surface area contributed by atoms with Crippen molar-refractivity contribution in [2.24, 2.45) is 0 Å². The van der Waals surface area contributed by atoms with E-state index >= 15 is 0 Å². The van der Waals surface area contributed by atoms with Gasteiger partial charge in [0.15, 0.2) is 16.2 Å². The number of carbonyl (C=O) groups excluding carboxylic acids is 2. The van der Waals surface area contributed by atoms with Crippen molar-refractivity contribution in [3.63, 3.8) is 0 Å². The topological polar surface area (TPSA) is 104 Å². The average Bonchev–Trinajstić information content (AvgIpc) is 2.97.